The number of imide groups is 1. The molecule has 2 rings (SSSR count). The lowest BCUT2D eigenvalue weighted by molar-refractivity contribution is -0.182. The van der Waals surface area contributed by atoms with Crippen molar-refractivity contribution < 1.29 is 19.1 Å². The summed E-state index contributed by atoms with van der Waals surface area (Å²) in [5, 5.41) is 2.81. The Morgan fingerprint density at radius 2 is 2.05 bits per heavy atom. The molecule has 0 radical (unpaired) electrons. The maximum atomic E-state index is 12.4. The van der Waals surface area contributed by atoms with E-state index in [2.05, 4.69) is 12.2 Å². The smallest absolute Gasteiger partial charge is 0.325 e. The SMILES string of the molecule is CCCCC1(C)NC(=O)N(CCC2OCCCO2)C1=O. The van der Waals surface area contributed by atoms with Gasteiger partial charge in [0.15, 0.2) is 6.29 Å². The normalized spacial score (nSPS) is 28.0. The lowest BCUT2D eigenvalue weighted by Gasteiger charge is -2.25. The first-order valence-corrected chi connectivity index (χ1v) is 7.44. The number of unbranched alkanes of at least 4 members (excludes halogenated alkanes) is 1. The van der Waals surface area contributed by atoms with E-state index in [1.165, 1.54) is 4.90 Å². The predicted molar refractivity (Wildman–Crippen MR) is 73.1 cm³/mol. The van der Waals surface area contributed by atoms with Gasteiger partial charge in [-0.25, -0.2) is 4.79 Å². The van der Waals surface area contributed by atoms with E-state index in [-0.39, 0.29) is 18.2 Å². The van der Waals surface area contributed by atoms with E-state index in [1.54, 1.807) is 6.92 Å². The van der Waals surface area contributed by atoms with Crippen molar-refractivity contribution in [3.8, 4) is 0 Å². The summed E-state index contributed by atoms with van der Waals surface area (Å²) >= 11 is 0. The second kappa shape index (κ2) is 6.54. The molecule has 2 aliphatic heterocycles. The quantitative estimate of drug-likeness (QED) is 0.753. The van der Waals surface area contributed by atoms with Crippen molar-refractivity contribution in [2.24, 2.45) is 0 Å². The molecule has 3 amide bonds. The first kappa shape index (κ1) is 15.3. The molecule has 0 bridgehead atoms. The number of rotatable bonds is 6. The molecule has 2 fully saturated rings. The monoisotopic (exact) mass is 284 g/mol. The van der Waals surface area contributed by atoms with Gasteiger partial charge in [-0.2, -0.15) is 0 Å². The van der Waals surface area contributed by atoms with Crippen molar-refractivity contribution in [2.75, 3.05) is 19.8 Å². The number of ether oxygens (including phenoxy) is 2. The number of hydrogen-bond acceptors (Lipinski definition) is 4. The van der Waals surface area contributed by atoms with Crippen LogP contribution in [0, 0.1) is 0 Å². The van der Waals surface area contributed by atoms with E-state index in [9.17, 15) is 9.59 Å². The molecule has 114 valence electrons. The highest BCUT2D eigenvalue weighted by Gasteiger charge is 2.46. The Balaban J connectivity index is 1.88. The van der Waals surface area contributed by atoms with Crippen LogP contribution in [0.1, 0.15) is 46.0 Å². The molecule has 2 saturated heterocycles. The second-order valence-corrected chi connectivity index (χ2v) is 5.64. The fourth-order valence-electron chi connectivity index (χ4n) is 2.59. The maximum Gasteiger partial charge on any atom is 0.325 e. The van der Waals surface area contributed by atoms with Crippen LogP contribution in [0.25, 0.3) is 0 Å². The minimum absolute atomic E-state index is 0.133. The third-order valence-corrected chi connectivity index (χ3v) is 3.86. The maximum absolute atomic E-state index is 12.4. The van der Waals surface area contributed by atoms with Crippen molar-refractivity contribution in [1.29, 1.82) is 0 Å². The molecule has 0 aromatic heterocycles. The number of carbonyl (C=O) groups is 2. The van der Waals surface area contributed by atoms with E-state index in [0.29, 0.717) is 32.6 Å². The molecule has 20 heavy (non-hydrogen) atoms. The zero-order chi connectivity index (χ0) is 14.6. The number of urea groups is 1. The Hall–Kier alpha value is -1.14. The highest BCUT2D eigenvalue weighted by Crippen LogP contribution is 2.24. The number of nitrogens with one attached hydrogen (secondary N) is 1. The van der Waals surface area contributed by atoms with Crippen LogP contribution in [0.15, 0.2) is 0 Å². The van der Waals surface area contributed by atoms with Crippen LogP contribution in [-0.2, 0) is 14.3 Å². The molecule has 0 aliphatic carbocycles. The summed E-state index contributed by atoms with van der Waals surface area (Å²) in [6, 6.07) is -0.301. The minimum Gasteiger partial charge on any atom is -0.353 e. The first-order chi connectivity index (χ1) is 9.57. The molecule has 2 aliphatic rings. The molecule has 6 nitrogen and oxygen atoms in total. The highest BCUT2D eigenvalue weighted by atomic mass is 16.7. The zero-order valence-electron chi connectivity index (χ0n) is 12.3. The van der Waals surface area contributed by atoms with Crippen molar-refractivity contribution in [3.63, 3.8) is 0 Å². The van der Waals surface area contributed by atoms with Gasteiger partial charge in [-0.3, -0.25) is 9.69 Å². The zero-order valence-corrected chi connectivity index (χ0v) is 12.3. The molecule has 0 aromatic rings. The number of nitrogens with zero attached hydrogens (tertiary/aromatic N) is 1. The Bertz CT molecular complexity index is 368. The van der Waals surface area contributed by atoms with Crippen molar-refractivity contribution in [1.82, 2.24) is 10.2 Å². The van der Waals surface area contributed by atoms with Gasteiger partial charge in [0.2, 0.25) is 0 Å². The van der Waals surface area contributed by atoms with E-state index >= 15 is 0 Å². The number of hydrogen-bond donors (Lipinski definition) is 1. The van der Waals surface area contributed by atoms with Crippen LogP contribution in [0.3, 0.4) is 0 Å². The Labute approximate surface area is 119 Å². The highest BCUT2D eigenvalue weighted by molar-refractivity contribution is 6.06. The van der Waals surface area contributed by atoms with Crippen LogP contribution in [0.5, 0.6) is 0 Å². The molecule has 6 heteroatoms. The predicted octanol–water partition coefficient (Wildman–Crippen LogP) is 1.64. The van der Waals surface area contributed by atoms with Crippen LogP contribution in [0.2, 0.25) is 0 Å². The van der Waals surface area contributed by atoms with Crippen LogP contribution in [0.4, 0.5) is 4.79 Å². The van der Waals surface area contributed by atoms with Crippen molar-refractivity contribution in [3.05, 3.63) is 0 Å². The topological polar surface area (TPSA) is 67.9 Å². The first-order valence-electron chi connectivity index (χ1n) is 7.44. The molecule has 2 heterocycles. The largest absolute Gasteiger partial charge is 0.353 e. The number of carbonyl (C=O) groups excluding carboxylic acids is 2. The van der Waals surface area contributed by atoms with Gasteiger partial charge in [-0.15, -0.1) is 0 Å². The average Bonchev–Trinajstić information content (AvgIpc) is 2.66. The summed E-state index contributed by atoms with van der Waals surface area (Å²) in [6.07, 6.45) is 3.73. The fraction of sp³-hybridized carbons (Fsp3) is 0.857. The molecule has 0 spiro atoms. The Kier molecular flexibility index (Phi) is 4.99. The standard InChI is InChI=1S/C14H24N2O4/c1-3-4-7-14(2)12(17)16(13(18)15-14)8-6-11-19-9-5-10-20-11/h11H,3-10H2,1-2H3,(H,15,18). The average molecular weight is 284 g/mol. The van der Waals surface area contributed by atoms with Crippen LogP contribution in [-0.4, -0.2) is 48.4 Å². The lowest BCUT2D eigenvalue weighted by Crippen LogP contribution is -2.44. The molecule has 1 unspecified atom stereocenters. The summed E-state index contributed by atoms with van der Waals surface area (Å²) in [4.78, 5) is 25.6. The van der Waals surface area contributed by atoms with Gasteiger partial charge in [0.25, 0.3) is 5.91 Å². The summed E-state index contributed by atoms with van der Waals surface area (Å²) < 4.78 is 10.9. The van der Waals surface area contributed by atoms with E-state index < -0.39 is 5.54 Å². The third kappa shape index (κ3) is 3.30. The van der Waals surface area contributed by atoms with Gasteiger partial charge in [-0.1, -0.05) is 19.8 Å². The third-order valence-electron chi connectivity index (χ3n) is 3.86. The van der Waals surface area contributed by atoms with E-state index in [4.69, 9.17) is 9.47 Å². The van der Waals surface area contributed by atoms with Crippen molar-refractivity contribution in [2.45, 2.75) is 57.8 Å². The molecule has 1 atom stereocenters. The molecular weight excluding hydrogens is 260 g/mol. The second-order valence-electron chi connectivity index (χ2n) is 5.64. The Morgan fingerprint density at radius 1 is 1.35 bits per heavy atom. The summed E-state index contributed by atoms with van der Waals surface area (Å²) in [6.45, 7) is 5.58. The molecule has 0 saturated carbocycles. The van der Waals surface area contributed by atoms with Crippen LogP contribution < -0.4 is 5.32 Å². The summed E-state index contributed by atoms with van der Waals surface area (Å²) in [7, 11) is 0. The Morgan fingerprint density at radius 3 is 2.70 bits per heavy atom. The van der Waals surface area contributed by atoms with E-state index in [0.717, 1.165) is 19.3 Å². The van der Waals surface area contributed by atoms with Gasteiger partial charge >= 0.3 is 6.03 Å². The van der Waals surface area contributed by atoms with Gasteiger partial charge in [0, 0.05) is 13.0 Å². The van der Waals surface area contributed by atoms with Gasteiger partial charge in [0.05, 0.1) is 13.2 Å². The van der Waals surface area contributed by atoms with Gasteiger partial charge in [-0.05, 0) is 19.8 Å². The number of amides is 3. The van der Waals surface area contributed by atoms with Crippen molar-refractivity contribution >= 4 is 11.9 Å². The van der Waals surface area contributed by atoms with Crippen LogP contribution >= 0.6 is 0 Å². The fourth-order valence-corrected chi connectivity index (χ4v) is 2.59. The summed E-state index contributed by atoms with van der Waals surface area (Å²) in [5.74, 6) is -0.133. The molecule has 0 aromatic carbocycles. The van der Waals surface area contributed by atoms with Gasteiger partial charge in [0.1, 0.15) is 5.54 Å². The van der Waals surface area contributed by atoms with Gasteiger partial charge < -0.3 is 14.8 Å². The van der Waals surface area contributed by atoms with E-state index in [1.807, 2.05) is 0 Å². The molecular formula is C14H24N2O4. The minimum atomic E-state index is -0.749. The lowest BCUT2D eigenvalue weighted by atomic mass is 9.95. The molecule has 1 N–H and O–H groups in total. The summed E-state index contributed by atoms with van der Waals surface area (Å²) in [5.41, 5.74) is -0.749.